The molecule has 0 amide bonds. The molecule has 1 aromatic carbocycles. The van der Waals surface area contributed by atoms with E-state index in [9.17, 15) is 0 Å². The maximum absolute atomic E-state index is 5.38. The fraction of sp³-hybridized carbons (Fsp3) is 0.467. The first-order chi connectivity index (χ1) is 8.26. The van der Waals surface area contributed by atoms with Crippen molar-refractivity contribution in [3.05, 3.63) is 29.3 Å². The summed E-state index contributed by atoms with van der Waals surface area (Å²) < 4.78 is 0. The number of nitrogens with zero attached hydrogens (tertiary/aromatic N) is 1. The van der Waals surface area contributed by atoms with Crippen molar-refractivity contribution in [3.8, 4) is 12.3 Å². The molecule has 1 aliphatic heterocycles. The monoisotopic (exact) mass is 228 g/mol. The van der Waals surface area contributed by atoms with E-state index in [2.05, 4.69) is 48.2 Å². The highest BCUT2D eigenvalue weighted by atomic mass is 15.1. The van der Waals surface area contributed by atoms with Gasteiger partial charge in [0.1, 0.15) is 0 Å². The van der Waals surface area contributed by atoms with Crippen LogP contribution in [-0.4, -0.2) is 19.6 Å². The molecule has 1 unspecified atom stereocenters. The Labute approximate surface area is 104 Å². The molecule has 0 aromatic heterocycles. The Morgan fingerprint density at radius 3 is 3.06 bits per heavy atom. The lowest BCUT2D eigenvalue weighted by atomic mass is 10.0. The summed E-state index contributed by atoms with van der Waals surface area (Å²) in [5.74, 6) is 2.72. The average Bonchev–Trinajstić information content (AvgIpc) is 2.73. The first kappa shape index (κ1) is 12.0. The van der Waals surface area contributed by atoms with Gasteiger partial charge in [-0.2, -0.15) is 0 Å². The minimum absolute atomic E-state index is 0.423. The Hall–Kier alpha value is -1.46. The maximum atomic E-state index is 5.38. The number of terminal acetylenes is 1. The first-order valence-corrected chi connectivity index (χ1v) is 6.31. The predicted octanol–water partition coefficient (Wildman–Crippen LogP) is 2.35. The van der Waals surface area contributed by atoms with Crippen LogP contribution in [0.4, 0.5) is 5.69 Å². The minimum atomic E-state index is 0.423. The average molecular weight is 228 g/mol. The highest BCUT2D eigenvalue weighted by molar-refractivity contribution is 5.60. The zero-order chi connectivity index (χ0) is 12.3. The number of anilines is 1. The van der Waals surface area contributed by atoms with E-state index in [1.165, 1.54) is 16.8 Å². The van der Waals surface area contributed by atoms with Gasteiger partial charge in [-0.25, -0.2) is 0 Å². The summed E-state index contributed by atoms with van der Waals surface area (Å²) in [4.78, 5) is 2.27. The molecule has 1 aromatic rings. The van der Waals surface area contributed by atoms with Crippen LogP contribution in [-0.2, 0) is 6.42 Å². The molecule has 0 fully saturated rings. The lowest BCUT2D eigenvalue weighted by Gasteiger charge is -2.18. The summed E-state index contributed by atoms with van der Waals surface area (Å²) in [7, 11) is 0. The Morgan fingerprint density at radius 2 is 2.35 bits per heavy atom. The first-order valence-electron chi connectivity index (χ1n) is 6.31. The largest absolute Gasteiger partial charge is 0.360 e. The van der Waals surface area contributed by atoms with Gasteiger partial charge in [-0.3, -0.25) is 0 Å². The van der Waals surface area contributed by atoms with E-state index in [4.69, 9.17) is 6.42 Å². The fourth-order valence-corrected chi connectivity index (χ4v) is 2.46. The third-order valence-electron chi connectivity index (χ3n) is 3.39. The van der Waals surface area contributed by atoms with Crippen LogP contribution in [0.2, 0.25) is 0 Å². The van der Waals surface area contributed by atoms with E-state index < -0.39 is 0 Å². The molecule has 90 valence electrons. The number of rotatable bonds is 4. The summed E-state index contributed by atoms with van der Waals surface area (Å²) in [6.45, 7) is 7.12. The van der Waals surface area contributed by atoms with E-state index in [-0.39, 0.29) is 0 Å². The number of fused-ring (bicyclic) bond motifs is 1. The van der Waals surface area contributed by atoms with Gasteiger partial charge in [0.2, 0.25) is 0 Å². The highest BCUT2D eigenvalue weighted by Crippen LogP contribution is 2.30. The summed E-state index contributed by atoms with van der Waals surface area (Å²) in [5, 5.41) is 3.44. The van der Waals surface area contributed by atoms with Crippen molar-refractivity contribution >= 4 is 5.69 Å². The lowest BCUT2D eigenvalue weighted by Crippen LogP contribution is -2.20. The SMILES string of the molecule is C#CCN1CCc2cc(C(C)NCC)ccc21. The van der Waals surface area contributed by atoms with Crippen LogP contribution in [0, 0.1) is 12.3 Å². The van der Waals surface area contributed by atoms with Crippen molar-refractivity contribution in [1.29, 1.82) is 0 Å². The Bertz CT molecular complexity index is 431. The fourth-order valence-electron chi connectivity index (χ4n) is 2.46. The van der Waals surface area contributed by atoms with Gasteiger partial charge in [-0.05, 0) is 37.1 Å². The number of hydrogen-bond acceptors (Lipinski definition) is 2. The molecule has 0 aliphatic carbocycles. The molecule has 17 heavy (non-hydrogen) atoms. The molecule has 1 N–H and O–H groups in total. The molecule has 0 saturated carbocycles. The van der Waals surface area contributed by atoms with Crippen molar-refractivity contribution in [3.63, 3.8) is 0 Å². The molecule has 1 atom stereocenters. The lowest BCUT2D eigenvalue weighted by molar-refractivity contribution is 0.598. The van der Waals surface area contributed by atoms with Gasteiger partial charge >= 0.3 is 0 Å². The molecule has 0 saturated heterocycles. The molecule has 0 radical (unpaired) electrons. The van der Waals surface area contributed by atoms with Crippen LogP contribution >= 0.6 is 0 Å². The molecule has 2 rings (SSSR count). The topological polar surface area (TPSA) is 15.3 Å². The van der Waals surface area contributed by atoms with E-state index in [0.717, 1.165) is 26.1 Å². The van der Waals surface area contributed by atoms with E-state index >= 15 is 0 Å². The third kappa shape index (κ3) is 2.45. The zero-order valence-corrected chi connectivity index (χ0v) is 10.7. The van der Waals surface area contributed by atoms with Crippen molar-refractivity contribution in [1.82, 2.24) is 5.32 Å². The van der Waals surface area contributed by atoms with Crippen LogP contribution in [0.1, 0.15) is 31.0 Å². The third-order valence-corrected chi connectivity index (χ3v) is 3.39. The smallest absolute Gasteiger partial charge is 0.0791 e. The highest BCUT2D eigenvalue weighted by Gasteiger charge is 2.19. The van der Waals surface area contributed by atoms with Crippen LogP contribution in [0.3, 0.4) is 0 Å². The predicted molar refractivity (Wildman–Crippen MR) is 73.3 cm³/mol. The number of benzene rings is 1. The van der Waals surface area contributed by atoms with Crippen molar-refractivity contribution < 1.29 is 0 Å². The molecule has 0 bridgehead atoms. The Balaban J connectivity index is 2.19. The molecule has 1 heterocycles. The summed E-state index contributed by atoms with van der Waals surface area (Å²) in [6.07, 6.45) is 6.50. The van der Waals surface area contributed by atoms with Crippen LogP contribution in [0.5, 0.6) is 0 Å². The van der Waals surface area contributed by atoms with Crippen molar-refractivity contribution in [2.45, 2.75) is 26.3 Å². The second-order valence-electron chi connectivity index (χ2n) is 4.54. The van der Waals surface area contributed by atoms with Gasteiger partial charge in [-0.1, -0.05) is 25.0 Å². The minimum Gasteiger partial charge on any atom is -0.360 e. The van der Waals surface area contributed by atoms with Gasteiger partial charge in [-0.15, -0.1) is 6.42 Å². The second kappa shape index (κ2) is 5.25. The maximum Gasteiger partial charge on any atom is 0.0791 e. The van der Waals surface area contributed by atoms with Crippen molar-refractivity contribution in [2.24, 2.45) is 0 Å². The van der Waals surface area contributed by atoms with Gasteiger partial charge in [0, 0.05) is 18.3 Å². The Kier molecular flexibility index (Phi) is 3.71. The Morgan fingerprint density at radius 1 is 1.53 bits per heavy atom. The van der Waals surface area contributed by atoms with E-state index in [1.54, 1.807) is 0 Å². The van der Waals surface area contributed by atoms with Crippen LogP contribution in [0.25, 0.3) is 0 Å². The molecular weight excluding hydrogens is 208 g/mol. The van der Waals surface area contributed by atoms with Crippen molar-refractivity contribution in [2.75, 3.05) is 24.5 Å². The zero-order valence-electron chi connectivity index (χ0n) is 10.7. The molecule has 2 heteroatoms. The summed E-state index contributed by atoms with van der Waals surface area (Å²) in [5.41, 5.74) is 4.12. The molecule has 0 spiro atoms. The summed E-state index contributed by atoms with van der Waals surface area (Å²) in [6, 6.07) is 7.16. The number of hydrogen-bond donors (Lipinski definition) is 1. The van der Waals surface area contributed by atoms with E-state index in [0.29, 0.717) is 6.04 Å². The van der Waals surface area contributed by atoms with Gasteiger partial charge < -0.3 is 10.2 Å². The van der Waals surface area contributed by atoms with Crippen LogP contribution < -0.4 is 10.2 Å². The molecule has 2 nitrogen and oxygen atoms in total. The van der Waals surface area contributed by atoms with E-state index in [1.807, 2.05) is 0 Å². The normalized spacial score (nSPS) is 15.5. The molecule has 1 aliphatic rings. The summed E-state index contributed by atoms with van der Waals surface area (Å²) >= 11 is 0. The quantitative estimate of drug-likeness (QED) is 0.796. The molecular formula is C15H20N2. The van der Waals surface area contributed by atoms with Gasteiger partial charge in [0.25, 0.3) is 0 Å². The number of nitrogens with one attached hydrogen (secondary N) is 1. The van der Waals surface area contributed by atoms with Crippen LogP contribution in [0.15, 0.2) is 18.2 Å². The second-order valence-corrected chi connectivity index (χ2v) is 4.54. The standard InChI is InChI=1S/C15H20N2/c1-4-9-17-10-8-14-11-13(6-7-15(14)17)12(3)16-5-2/h1,6-7,11-12,16H,5,8-10H2,2-3H3. The van der Waals surface area contributed by atoms with Gasteiger partial charge in [0.05, 0.1) is 6.54 Å². The van der Waals surface area contributed by atoms with Gasteiger partial charge in [0.15, 0.2) is 0 Å².